The summed E-state index contributed by atoms with van der Waals surface area (Å²) < 4.78 is 0. The summed E-state index contributed by atoms with van der Waals surface area (Å²) in [7, 11) is 0. The molecule has 0 fully saturated rings. The normalized spacial score (nSPS) is 14.6. The summed E-state index contributed by atoms with van der Waals surface area (Å²) in [4.78, 5) is 0. The van der Waals surface area contributed by atoms with Crippen LogP contribution in [0.1, 0.15) is 77.6 Å². The van der Waals surface area contributed by atoms with Crippen molar-refractivity contribution >= 4 is 31.7 Å². The van der Waals surface area contributed by atoms with Gasteiger partial charge < -0.3 is 14.9 Å². The summed E-state index contributed by atoms with van der Waals surface area (Å²) in [6.45, 7) is 19.8. The van der Waals surface area contributed by atoms with E-state index in [0.29, 0.717) is 5.92 Å². The summed E-state index contributed by atoms with van der Waals surface area (Å²) in [5.41, 5.74) is 9.98. The zero-order chi connectivity index (χ0) is 22.7. The van der Waals surface area contributed by atoms with Crippen LogP contribution < -0.4 is 0 Å². The molecule has 0 heterocycles. The minimum atomic E-state index is 0. The number of benzene rings is 2. The van der Waals surface area contributed by atoms with Crippen molar-refractivity contribution in [1.82, 2.24) is 0 Å². The van der Waals surface area contributed by atoms with Gasteiger partial charge in [0, 0.05) is 0 Å². The quantitative estimate of drug-likeness (QED) is 0.181. The second-order valence-electron chi connectivity index (χ2n) is 10.3. The van der Waals surface area contributed by atoms with Crippen molar-refractivity contribution in [2.45, 2.75) is 72.6 Å². The molecule has 0 bridgehead atoms. The van der Waals surface area contributed by atoms with Gasteiger partial charge in [0.15, 0.2) is 0 Å². The molecule has 0 amide bonds. The third-order valence-corrected chi connectivity index (χ3v) is 5.55. The second kappa shape index (κ2) is 15.7. The molecule has 0 aliphatic heterocycles. The van der Waals surface area contributed by atoms with Crippen molar-refractivity contribution in [3.63, 3.8) is 0 Å². The SMILES string of the molecule is CC(C)(C)c1[c-]c2c(cc1)-c1ccc(C(C)(C)C)cc1C2.CC1=[C-]C(C)C=C1.Cl.Cl.[CH3-].[CH3-].[SiH2]=[Zr]. The zero-order valence-corrected chi connectivity index (χ0v) is 28.4. The van der Waals surface area contributed by atoms with E-state index in [4.69, 9.17) is 0 Å². The summed E-state index contributed by atoms with van der Waals surface area (Å²) in [6.07, 6.45) is 8.50. The predicted octanol–water partition coefficient (Wildman–Crippen LogP) is 8.42. The molecule has 0 spiro atoms. The van der Waals surface area contributed by atoms with Gasteiger partial charge in [-0.25, -0.2) is 11.6 Å². The van der Waals surface area contributed by atoms with E-state index in [0.717, 1.165) is 6.42 Å². The number of hydrogen-bond acceptors (Lipinski definition) is 0. The molecule has 0 radical (unpaired) electrons. The number of hydrogen-bond donors (Lipinski definition) is 0. The van der Waals surface area contributed by atoms with Gasteiger partial charge in [0.25, 0.3) is 0 Å². The van der Waals surface area contributed by atoms with Crippen molar-refractivity contribution in [2.24, 2.45) is 5.92 Å². The van der Waals surface area contributed by atoms with Crippen molar-refractivity contribution in [3.8, 4) is 11.1 Å². The molecule has 0 saturated heterocycles. The van der Waals surface area contributed by atoms with Crippen LogP contribution in [0.5, 0.6) is 0 Å². The number of rotatable bonds is 0. The van der Waals surface area contributed by atoms with Gasteiger partial charge in [-0.15, -0.1) is 35.9 Å². The Hall–Kier alpha value is -0.400. The van der Waals surface area contributed by atoms with Crippen LogP contribution in [-0.4, -0.2) is 6.88 Å². The monoisotopic (exact) mass is 592 g/mol. The summed E-state index contributed by atoms with van der Waals surface area (Å²) in [6, 6.07) is 15.2. The molecule has 34 heavy (non-hydrogen) atoms. The summed E-state index contributed by atoms with van der Waals surface area (Å²) in [5, 5.41) is 0. The third-order valence-electron chi connectivity index (χ3n) is 5.55. The number of allylic oxidation sites excluding steroid dienone is 4. The molecule has 1 atom stereocenters. The standard InChI is InChI=1S/C21H25.C7H9.2CH3.2ClH.H2Si.Zr/c1-20(2,3)16-7-9-18-14(12-16)11-15-13-17(21(4,5)6)8-10-19(15)18;1-6-3-4-7(2)5-6;;;;;;/h7-10,12H,11H2,1-6H3;3-4,6H,1-2H3;2*1H3;2*1H;1H2;/q4*-1;;;;. The Morgan fingerprint density at radius 3 is 1.85 bits per heavy atom. The van der Waals surface area contributed by atoms with Gasteiger partial charge in [0.1, 0.15) is 0 Å². The van der Waals surface area contributed by atoms with Crippen LogP contribution in [0.25, 0.3) is 11.1 Å². The van der Waals surface area contributed by atoms with Gasteiger partial charge in [0.05, 0.1) is 0 Å². The fourth-order valence-electron chi connectivity index (χ4n) is 3.77. The van der Waals surface area contributed by atoms with Crippen LogP contribution in [0.2, 0.25) is 0 Å². The van der Waals surface area contributed by atoms with E-state index in [-0.39, 0.29) is 50.5 Å². The first kappa shape index (κ1) is 38.1. The maximum absolute atomic E-state index is 3.67. The van der Waals surface area contributed by atoms with E-state index in [1.807, 2.05) is 6.88 Å². The van der Waals surface area contributed by atoms with E-state index in [1.165, 1.54) is 39.0 Å². The average Bonchev–Trinajstić information content (AvgIpc) is 3.23. The van der Waals surface area contributed by atoms with Gasteiger partial charge in [-0.2, -0.15) is 29.8 Å². The first-order valence-electron chi connectivity index (χ1n) is 10.8. The van der Waals surface area contributed by atoms with Crippen molar-refractivity contribution < 1.29 is 23.3 Å². The Morgan fingerprint density at radius 2 is 1.44 bits per heavy atom. The first-order valence-corrected chi connectivity index (χ1v) is 16.7. The molecule has 4 heteroatoms. The molecule has 0 nitrogen and oxygen atoms in total. The molecule has 190 valence electrons. The molecule has 0 N–H and O–H groups in total. The molecule has 2 aliphatic rings. The van der Waals surface area contributed by atoms with E-state index < -0.39 is 0 Å². The average molecular weight is 595 g/mol. The van der Waals surface area contributed by atoms with Crippen LogP contribution in [-0.2, 0) is 40.6 Å². The molecule has 1 unspecified atom stereocenters. The molecular weight excluding hydrogens is 551 g/mol. The molecule has 4 rings (SSSR count). The van der Waals surface area contributed by atoms with Gasteiger partial charge in [0.2, 0.25) is 0 Å². The van der Waals surface area contributed by atoms with Crippen LogP contribution >= 0.6 is 24.8 Å². The van der Waals surface area contributed by atoms with E-state index in [2.05, 4.69) is 110 Å². The number of halogens is 2. The van der Waals surface area contributed by atoms with E-state index in [9.17, 15) is 0 Å². The van der Waals surface area contributed by atoms with Crippen LogP contribution in [0.3, 0.4) is 0 Å². The van der Waals surface area contributed by atoms with Gasteiger partial charge in [-0.05, 0) is 28.4 Å². The second-order valence-corrected chi connectivity index (χ2v) is 10.3. The van der Waals surface area contributed by atoms with Crippen molar-refractivity contribution in [2.75, 3.05) is 0 Å². The third kappa shape index (κ3) is 9.93. The summed E-state index contributed by atoms with van der Waals surface area (Å²) >= 11 is 1.58. The Kier molecular flexibility index (Phi) is 17.6. The van der Waals surface area contributed by atoms with Crippen LogP contribution in [0, 0.1) is 32.9 Å². The molecular formula is C30H44Cl2SiZr-4. The van der Waals surface area contributed by atoms with E-state index in [1.54, 1.807) is 23.3 Å². The molecule has 2 aromatic carbocycles. The van der Waals surface area contributed by atoms with Crippen molar-refractivity contribution in [1.29, 1.82) is 0 Å². The molecule has 2 aliphatic carbocycles. The van der Waals surface area contributed by atoms with Crippen molar-refractivity contribution in [3.05, 3.63) is 97.3 Å². The number of fused-ring (bicyclic) bond motifs is 3. The van der Waals surface area contributed by atoms with Crippen LogP contribution in [0.4, 0.5) is 0 Å². The first-order chi connectivity index (χ1) is 13.9. The Balaban J connectivity index is -0.000000639. The summed E-state index contributed by atoms with van der Waals surface area (Å²) in [5.74, 6) is 0.556. The molecule has 0 saturated carbocycles. The van der Waals surface area contributed by atoms with Gasteiger partial charge in [-0.1, -0.05) is 85.1 Å². The minimum absolute atomic E-state index is 0. The van der Waals surface area contributed by atoms with Gasteiger partial charge >= 0.3 is 30.2 Å². The fraction of sp³-hybridized carbons (Fsp3) is 0.400. The zero-order valence-electron chi connectivity index (χ0n) is 22.8. The molecule has 0 aromatic heterocycles. The Morgan fingerprint density at radius 1 is 0.882 bits per heavy atom. The predicted molar refractivity (Wildman–Crippen MR) is 158 cm³/mol. The topological polar surface area (TPSA) is 0 Å². The van der Waals surface area contributed by atoms with E-state index >= 15 is 0 Å². The van der Waals surface area contributed by atoms with Crippen LogP contribution in [0.15, 0.2) is 48.1 Å². The van der Waals surface area contributed by atoms with Gasteiger partial charge in [-0.3, -0.25) is 6.08 Å². The fourth-order valence-corrected chi connectivity index (χ4v) is 3.77. The maximum atomic E-state index is 3.67. The molecule has 2 aromatic rings. The Bertz CT molecular complexity index is 901. The Labute approximate surface area is 240 Å².